The average molecular weight is 315 g/mol. The molecule has 116 valence electrons. The molecule has 0 spiro atoms. The number of phenolic OH excluding ortho intramolecular Hbond substituents is 1. The SMILES string of the molecule is O=C(Nc1cccc(OC(F)(F)F)c1)c1cc(F)ccc1O. The molecule has 2 rings (SSSR count). The first-order chi connectivity index (χ1) is 10.2. The molecule has 2 aromatic rings. The highest BCUT2D eigenvalue weighted by Gasteiger charge is 2.31. The number of rotatable bonds is 3. The summed E-state index contributed by atoms with van der Waals surface area (Å²) in [6.07, 6.45) is -4.86. The predicted octanol–water partition coefficient (Wildman–Crippen LogP) is 3.68. The van der Waals surface area contributed by atoms with Crippen molar-refractivity contribution in [1.29, 1.82) is 0 Å². The standard InChI is InChI=1S/C14H9F4NO3/c15-8-4-5-12(20)11(6-8)13(21)19-9-2-1-3-10(7-9)22-14(16,17)18/h1-7,20H,(H,19,21). The monoisotopic (exact) mass is 315 g/mol. The molecule has 1 amide bonds. The zero-order valence-corrected chi connectivity index (χ0v) is 10.8. The van der Waals surface area contributed by atoms with Crippen LogP contribution in [0.2, 0.25) is 0 Å². The van der Waals surface area contributed by atoms with Gasteiger partial charge in [0.25, 0.3) is 5.91 Å². The molecule has 0 saturated heterocycles. The lowest BCUT2D eigenvalue weighted by Crippen LogP contribution is -2.17. The van der Waals surface area contributed by atoms with Gasteiger partial charge in [0.15, 0.2) is 0 Å². The largest absolute Gasteiger partial charge is 0.573 e. The maximum Gasteiger partial charge on any atom is 0.573 e. The molecule has 0 aliphatic rings. The number of carbonyl (C=O) groups is 1. The number of ether oxygens (including phenoxy) is 1. The van der Waals surface area contributed by atoms with Crippen molar-refractivity contribution in [1.82, 2.24) is 0 Å². The Hall–Kier alpha value is -2.77. The molecule has 4 nitrogen and oxygen atoms in total. The molecule has 0 saturated carbocycles. The van der Waals surface area contributed by atoms with Gasteiger partial charge in [0.2, 0.25) is 0 Å². The molecule has 0 aliphatic heterocycles. The first kappa shape index (κ1) is 15.6. The lowest BCUT2D eigenvalue weighted by molar-refractivity contribution is -0.274. The Morgan fingerprint density at radius 2 is 1.86 bits per heavy atom. The summed E-state index contributed by atoms with van der Waals surface area (Å²) in [7, 11) is 0. The highest BCUT2D eigenvalue weighted by molar-refractivity contribution is 6.06. The lowest BCUT2D eigenvalue weighted by Gasteiger charge is -2.11. The van der Waals surface area contributed by atoms with Gasteiger partial charge in [-0.15, -0.1) is 13.2 Å². The minimum Gasteiger partial charge on any atom is -0.507 e. The van der Waals surface area contributed by atoms with Crippen LogP contribution in [0.3, 0.4) is 0 Å². The molecule has 22 heavy (non-hydrogen) atoms. The van der Waals surface area contributed by atoms with E-state index in [9.17, 15) is 27.5 Å². The van der Waals surface area contributed by atoms with Crippen LogP contribution in [0, 0.1) is 5.82 Å². The summed E-state index contributed by atoms with van der Waals surface area (Å²) in [5.74, 6) is -2.59. The fraction of sp³-hybridized carbons (Fsp3) is 0.0714. The normalized spacial score (nSPS) is 11.1. The average Bonchev–Trinajstić information content (AvgIpc) is 2.40. The van der Waals surface area contributed by atoms with Crippen LogP contribution in [0.1, 0.15) is 10.4 Å². The van der Waals surface area contributed by atoms with E-state index in [1.807, 2.05) is 0 Å². The molecule has 0 aliphatic carbocycles. The molecule has 8 heteroatoms. The molecule has 2 aromatic carbocycles. The third-order valence-corrected chi connectivity index (χ3v) is 2.53. The zero-order valence-electron chi connectivity index (χ0n) is 10.8. The van der Waals surface area contributed by atoms with Crippen molar-refractivity contribution in [3.05, 3.63) is 53.8 Å². The van der Waals surface area contributed by atoms with Crippen molar-refractivity contribution in [3.63, 3.8) is 0 Å². The van der Waals surface area contributed by atoms with Gasteiger partial charge in [-0.25, -0.2) is 4.39 Å². The Kier molecular flexibility index (Phi) is 4.20. The Morgan fingerprint density at radius 3 is 2.55 bits per heavy atom. The van der Waals surface area contributed by atoms with Gasteiger partial charge in [-0.05, 0) is 30.3 Å². The quantitative estimate of drug-likeness (QED) is 0.850. The molecule has 0 heterocycles. The van der Waals surface area contributed by atoms with E-state index in [-0.39, 0.29) is 11.3 Å². The number of hydrogen-bond acceptors (Lipinski definition) is 3. The fourth-order valence-corrected chi connectivity index (χ4v) is 1.66. The number of nitrogens with one attached hydrogen (secondary N) is 1. The van der Waals surface area contributed by atoms with Gasteiger partial charge in [0.05, 0.1) is 5.56 Å². The second kappa shape index (κ2) is 5.92. The van der Waals surface area contributed by atoms with E-state index in [4.69, 9.17) is 0 Å². The number of hydrogen-bond donors (Lipinski definition) is 2. The van der Waals surface area contributed by atoms with Gasteiger partial charge in [-0.3, -0.25) is 4.79 Å². The van der Waals surface area contributed by atoms with E-state index in [0.29, 0.717) is 0 Å². The zero-order chi connectivity index (χ0) is 16.3. The Balaban J connectivity index is 2.18. The number of halogens is 4. The van der Waals surface area contributed by atoms with Crippen molar-refractivity contribution in [2.24, 2.45) is 0 Å². The van der Waals surface area contributed by atoms with E-state index in [1.54, 1.807) is 0 Å². The summed E-state index contributed by atoms with van der Waals surface area (Å²) in [6.45, 7) is 0. The van der Waals surface area contributed by atoms with Crippen LogP contribution in [0.25, 0.3) is 0 Å². The summed E-state index contributed by atoms with van der Waals surface area (Å²) < 4.78 is 53.1. The Labute approximate surface area is 121 Å². The third kappa shape index (κ3) is 4.11. The van der Waals surface area contributed by atoms with Crippen LogP contribution in [-0.4, -0.2) is 17.4 Å². The molecule has 0 atom stereocenters. The van der Waals surface area contributed by atoms with E-state index >= 15 is 0 Å². The van der Waals surface area contributed by atoms with Crippen LogP contribution in [0.4, 0.5) is 23.2 Å². The highest BCUT2D eigenvalue weighted by atomic mass is 19.4. The van der Waals surface area contributed by atoms with Crippen molar-refractivity contribution in [2.75, 3.05) is 5.32 Å². The summed E-state index contributed by atoms with van der Waals surface area (Å²) in [5, 5.41) is 11.7. The summed E-state index contributed by atoms with van der Waals surface area (Å²) >= 11 is 0. The van der Waals surface area contributed by atoms with Gasteiger partial charge in [-0.2, -0.15) is 0 Å². The number of aromatic hydroxyl groups is 1. The predicted molar refractivity (Wildman–Crippen MR) is 69.1 cm³/mol. The van der Waals surface area contributed by atoms with Gasteiger partial charge in [-0.1, -0.05) is 6.07 Å². The summed E-state index contributed by atoms with van der Waals surface area (Å²) in [6, 6.07) is 7.32. The van der Waals surface area contributed by atoms with Crippen LogP contribution in [0.5, 0.6) is 11.5 Å². The van der Waals surface area contributed by atoms with E-state index in [0.717, 1.165) is 30.3 Å². The smallest absolute Gasteiger partial charge is 0.507 e. The van der Waals surface area contributed by atoms with Crippen LogP contribution in [-0.2, 0) is 0 Å². The van der Waals surface area contributed by atoms with Crippen molar-refractivity contribution >= 4 is 11.6 Å². The summed E-state index contributed by atoms with van der Waals surface area (Å²) in [4.78, 5) is 11.9. The first-order valence-electron chi connectivity index (χ1n) is 5.90. The molecule has 0 aromatic heterocycles. The molecule has 0 fully saturated rings. The molecule has 2 N–H and O–H groups in total. The molecule has 0 bridgehead atoms. The van der Waals surface area contributed by atoms with Crippen LogP contribution >= 0.6 is 0 Å². The number of benzene rings is 2. The Bertz CT molecular complexity index is 701. The number of phenols is 1. The van der Waals surface area contributed by atoms with Crippen molar-refractivity contribution in [3.8, 4) is 11.5 Å². The topological polar surface area (TPSA) is 58.6 Å². The van der Waals surface area contributed by atoms with E-state index < -0.39 is 29.6 Å². The Morgan fingerprint density at radius 1 is 1.14 bits per heavy atom. The van der Waals surface area contributed by atoms with Gasteiger partial charge in [0, 0.05) is 11.8 Å². The second-order valence-electron chi connectivity index (χ2n) is 4.19. The number of carbonyl (C=O) groups excluding carboxylic acids is 1. The first-order valence-corrected chi connectivity index (χ1v) is 5.90. The second-order valence-corrected chi connectivity index (χ2v) is 4.19. The number of anilines is 1. The van der Waals surface area contributed by atoms with E-state index in [1.165, 1.54) is 12.1 Å². The van der Waals surface area contributed by atoms with Gasteiger partial charge < -0.3 is 15.2 Å². The number of amides is 1. The van der Waals surface area contributed by atoms with Crippen LogP contribution in [0.15, 0.2) is 42.5 Å². The number of alkyl halides is 3. The maximum absolute atomic E-state index is 13.1. The van der Waals surface area contributed by atoms with E-state index in [2.05, 4.69) is 10.1 Å². The minimum atomic E-state index is -4.86. The third-order valence-electron chi connectivity index (χ3n) is 2.53. The molecular formula is C14H9F4NO3. The summed E-state index contributed by atoms with van der Waals surface area (Å²) in [5.41, 5.74) is -0.349. The fourth-order valence-electron chi connectivity index (χ4n) is 1.66. The minimum absolute atomic E-state index is 0.00425. The molecular weight excluding hydrogens is 306 g/mol. The highest BCUT2D eigenvalue weighted by Crippen LogP contribution is 2.26. The van der Waals surface area contributed by atoms with Gasteiger partial charge >= 0.3 is 6.36 Å². The van der Waals surface area contributed by atoms with Crippen molar-refractivity contribution in [2.45, 2.75) is 6.36 Å². The maximum atomic E-state index is 13.1. The molecule has 0 unspecified atom stereocenters. The van der Waals surface area contributed by atoms with Crippen LogP contribution < -0.4 is 10.1 Å². The molecule has 0 radical (unpaired) electrons. The van der Waals surface area contributed by atoms with Crippen molar-refractivity contribution < 1.29 is 32.2 Å². The lowest BCUT2D eigenvalue weighted by atomic mass is 10.1. The van der Waals surface area contributed by atoms with Gasteiger partial charge in [0.1, 0.15) is 17.3 Å².